The van der Waals surface area contributed by atoms with E-state index in [4.69, 9.17) is 0 Å². The summed E-state index contributed by atoms with van der Waals surface area (Å²) in [5, 5.41) is 20.4. The van der Waals surface area contributed by atoms with Gasteiger partial charge in [0.1, 0.15) is 17.8 Å². The highest BCUT2D eigenvalue weighted by Crippen LogP contribution is 2.30. The number of rotatable bonds is 4. The number of anilines is 1. The summed E-state index contributed by atoms with van der Waals surface area (Å²) in [5.41, 5.74) is 0.447. The Hall–Kier alpha value is -1.96. The van der Waals surface area contributed by atoms with Gasteiger partial charge in [0.15, 0.2) is 0 Å². The van der Waals surface area contributed by atoms with Gasteiger partial charge in [0.25, 0.3) is 5.69 Å². The number of aromatic amines is 1. The number of nitro groups is 1. The first-order valence-electron chi connectivity index (χ1n) is 5.13. The van der Waals surface area contributed by atoms with Crippen molar-refractivity contribution in [3.05, 3.63) is 44.9 Å². The summed E-state index contributed by atoms with van der Waals surface area (Å²) >= 11 is 3.21. The Balaban J connectivity index is 2.26. The molecule has 1 aromatic carbocycles. The van der Waals surface area contributed by atoms with Crippen LogP contribution in [0.25, 0.3) is 0 Å². The van der Waals surface area contributed by atoms with Crippen molar-refractivity contribution < 1.29 is 4.92 Å². The average molecular weight is 312 g/mol. The summed E-state index contributed by atoms with van der Waals surface area (Å²) < 4.78 is 0.659. The normalized spacial score (nSPS) is 12.1. The summed E-state index contributed by atoms with van der Waals surface area (Å²) in [5.74, 6) is 0.618. The zero-order chi connectivity index (χ0) is 13.1. The highest BCUT2D eigenvalue weighted by atomic mass is 79.9. The van der Waals surface area contributed by atoms with Crippen LogP contribution in [-0.4, -0.2) is 20.1 Å². The number of hydrogen-bond donors (Lipinski definition) is 2. The van der Waals surface area contributed by atoms with E-state index in [0.717, 1.165) is 0 Å². The van der Waals surface area contributed by atoms with E-state index in [9.17, 15) is 10.1 Å². The standard InChI is InChI=1S/C10H10BrN5O2/c1-6(10-12-5-13-15-10)14-8-3-2-7(11)4-9(8)16(17)18/h2-6,14H,1H3,(H,12,13,15). The Kier molecular flexibility index (Phi) is 3.56. The minimum absolute atomic E-state index is 0.00994. The second-order valence-electron chi connectivity index (χ2n) is 3.66. The summed E-state index contributed by atoms with van der Waals surface area (Å²) in [6, 6.07) is 4.64. The van der Waals surface area contributed by atoms with E-state index in [1.165, 1.54) is 12.4 Å². The number of benzene rings is 1. The maximum atomic E-state index is 11.0. The van der Waals surface area contributed by atoms with E-state index < -0.39 is 4.92 Å². The molecular formula is C10H10BrN5O2. The maximum absolute atomic E-state index is 11.0. The third kappa shape index (κ3) is 2.65. The molecule has 0 aliphatic rings. The molecule has 0 amide bonds. The van der Waals surface area contributed by atoms with Gasteiger partial charge in [-0.3, -0.25) is 15.2 Å². The van der Waals surface area contributed by atoms with Crippen LogP contribution in [0, 0.1) is 10.1 Å². The third-order valence-electron chi connectivity index (χ3n) is 2.37. The van der Waals surface area contributed by atoms with Crippen molar-refractivity contribution in [3.8, 4) is 0 Å². The molecule has 0 aliphatic heterocycles. The van der Waals surface area contributed by atoms with Crippen LogP contribution in [-0.2, 0) is 0 Å². The fourth-order valence-corrected chi connectivity index (χ4v) is 1.85. The van der Waals surface area contributed by atoms with Gasteiger partial charge < -0.3 is 5.32 Å². The smallest absolute Gasteiger partial charge is 0.293 e. The van der Waals surface area contributed by atoms with Crippen molar-refractivity contribution in [2.24, 2.45) is 0 Å². The first-order valence-corrected chi connectivity index (χ1v) is 5.93. The van der Waals surface area contributed by atoms with Crippen LogP contribution < -0.4 is 5.32 Å². The number of H-pyrrole nitrogens is 1. The second kappa shape index (κ2) is 5.13. The molecular weight excluding hydrogens is 302 g/mol. The second-order valence-corrected chi connectivity index (χ2v) is 4.57. The molecule has 2 aromatic rings. The molecule has 2 N–H and O–H groups in total. The molecule has 0 fully saturated rings. The minimum atomic E-state index is -0.430. The van der Waals surface area contributed by atoms with E-state index in [1.54, 1.807) is 12.1 Å². The SMILES string of the molecule is CC(Nc1ccc(Br)cc1[N+](=O)[O-])c1ncn[nH]1. The molecule has 2 rings (SSSR count). The Labute approximate surface area is 111 Å². The van der Waals surface area contributed by atoms with Crippen LogP contribution in [0.3, 0.4) is 0 Å². The molecule has 0 aliphatic carbocycles. The average Bonchev–Trinajstić information content (AvgIpc) is 2.84. The molecule has 18 heavy (non-hydrogen) atoms. The van der Waals surface area contributed by atoms with Crippen LogP contribution in [0.4, 0.5) is 11.4 Å². The van der Waals surface area contributed by atoms with Crippen LogP contribution >= 0.6 is 15.9 Å². The zero-order valence-corrected chi connectivity index (χ0v) is 11.0. The fraction of sp³-hybridized carbons (Fsp3) is 0.200. The highest BCUT2D eigenvalue weighted by molar-refractivity contribution is 9.10. The molecule has 7 nitrogen and oxygen atoms in total. The Morgan fingerprint density at radius 2 is 2.33 bits per heavy atom. The summed E-state index contributed by atoms with van der Waals surface area (Å²) in [7, 11) is 0. The Morgan fingerprint density at radius 1 is 1.56 bits per heavy atom. The molecule has 0 saturated heterocycles. The van der Waals surface area contributed by atoms with Gasteiger partial charge in [0, 0.05) is 10.5 Å². The lowest BCUT2D eigenvalue weighted by atomic mass is 10.2. The zero-order valence-electron chi connectivity index (χ0n) is 9.42. The molecule has 0 radical (unpaired) electrons. The monoisotopic (exact) mass is 311 g/mol. The number of nitrogens with one attached hydrogen (secondary N) is 2. The van der Waals surface area contributed by atoms with E-state index in [1.807, 2.05) is 6.92 Å². The lowest BCUT2D eigenvalue weighted by Crippen LogP contribution is -2.10. The molecule has 1 aromatic heterocycles. The molecule has 0 spiro atoms. The number of aromatic nitrogens is 3. The topological polar surface area (TPSA) is 96.7 Å². The van der Waals surface area contributed by atoms with Gasteiger partial charge >= 0.3 is 0 Å². The molecule has 1 atom stereocenters. The lowest BCUT2D eigenvalue weighted by Gasteiger charge is -2.12. The molecule has 0 bridgehead atoms. The van der Waals surface area contributed by atoms with Crippen LogP contribution in [0.2, 0.25) is 0 Å². The van der Waals surface area contributed by atoms with Gasteiger partial charge in [-0.1, -0.05) is 15.9 Å². The van der Waals surface area contributed by atoms with Crippen LogP contribution in [0.1, 0.15) is 18.8 Å². The van der Waals surface area contributed by atoms with Crippen molar-refractivity contribution in [3.63, 3.8) is 0 Å². The van der Waals surface area contributed by atoms with Gasteiger partial charge in [-0.05, 0) is 19.1 Å². The van der Waals surface area contributed by atoms with Gasteiger partial charge in [-0.2, -0.15) is 5.10 Å². The summed E-state index contributed by atoms with van der Waals surface area (Å²) in [6.07, 6.45) is 1.39. The molecule has 1 unspecified atom stereocenters. The predicted octanol–water partition coefficient (Wildman–Crippen LogP) is 2.65. The minimum Gasteiger partial charge on any atom is -0.370 e. The van der Waals surface area contributed by atoms with Gasteiger partial charge in [-0.25, -0.2) is 4.98 Å². The van der Waals surface area contributed by atoms with Gasteiger partial charge in [-0.15, -0.1) is 0 Å². The maximum Gasteiger partial charge on any atom is 0.293 e. The number of halogens is 1. The number of nitrogens with zero attached hydrogens (tertiary/aromatic N) is 3. The third-order valence-corrected chi connectivity index (χ3v) is 2.87. The molecule has 94 valence electrons. The number of nitro benzene ring substituents is 1. The van der Waals surface area contributed by atoms with Crippen LogP contribution in [0.15, 0.2) is 29.0 Å². The molecule has 0 saturated carbocycles. The highest BCUT2D eigenvalue weighted by Gasteiger charge is 2.17. The van der Waals surface area contributed by atoms with Crippen molar-refractivity contribution in [1.29, 1.82) is 0 Å². The van der Waals surface area contributed by atoms with Gasteiger partial charge in [0.2, 0.25) is 0 Å². The van der Waals surface area contributed by atoms with Crippen molar-refractivity contribution in [1.82, 2.24) is 15.2 Å². The predicted molar refractivity (Wildman–Crippen MR) is 69.2 cm³/mol. The summed E-state index contributed by atoms with van der Waals surface area (Å²) in [6.45, 7) is 1.84. The van der Waals surface area contributed by atoms with Crippen molar-refractivity contribution in [2.75, 3.05) is 5.32 Å². The quantitative estimate of drug-likeness (QED) is 0.668. The lowest BCUT2D eigenvalue weighted by molar-refractivity contribution is -0.384. The van der Waals surface area contributed by atoms with E-state index in [-0.39, 0.29) is 11.7 Å². The molecule has 1 heterocycles. The van der Waals surface area contributed by atoms with Crippen molar-refractivity contribution in [2.45, 2.75) is 13.0 Å². The summed E-state index contributed by atoms with van der Waals surface area (Å²) in [4.78, 5) is 14.5. The van der Waals surface area contributed by atoms with Crippen LogP contribution in [0.5, 0.6) is 0 Å². The first-order chi connectivity index (χ1) is 8.58. The van der Waals surface area contributed by atoms with E-state index in [2.05, 4.69) is 36.4 Å². The largest absolute Gasteiger partial charge is 0.370 e. The van der Waals surface area contributed by atoms with E-state index >= 15 is 0 Å². The Bertz CT molecular complexity index is 557. The molecule has 8 heteroatoms. The fourth-order valence-electron chi connectivity index (χ4n) is 1.50. The van der Waals surface area contributed by atoms with E-state index in [0.29, 0.717) is 16.0 Å². The number of hydrogen-bond acceptors (Lipinski definition) is 5. The van der Waals surface area contributed by atoms with Gasteiger partial charge in [0.05, 0.1) is 11.0 Å². The first kappa shape index (κ1) is 12.5. The Morgan fingerprint density at radius 3 is 2.94 bits per heavy atom. The van der Waals surface area contributed by atoms with Crippen molar-refractivity contribution >= 4 is 27.3 Å².